The zero-order valence-corrected chi connectivity index (χ0v) is 12.6. The van der Waals surface area contributed by atoms with Crippen LogP contribution in [0.2, 0.25) is 0 Å². The number of quaternary nitrogens is 2. The van der Waals surface area contributed by atoms with Crippen LogP contribution in [-0.2, 0) is 13.1 Å². The third-order valence-electron chi connectivity index (χ3n) is 3.57. The summed E-state index contributed by atoms with van der Waals surface area (Å²) >= 11 is 0. The molecule has 2 rings (SSSR count). The molecular formula is C18H26N2+2. The molecule has 0 bridgehead atoms. The monoisotopic (exact) mass is 270 g/mol. The van der Waals surface area contributed by atoms with Gasteiger partial charge in [0.2, 0.25) is 0 Å². The molecule has 2 aromatic carbocycles. The number of benzene rings is 2. The van der Waals surface area contributed by atoms with Crippen molar-refractivity contribution in [2.24, 2.45) is 0 Å². The molecular weight excluding hydrogens is 244 g/mol. The molecule has 20 heavy (non-hydrogen) atoms. The fraction of sp³-hybridized carbons (Fsp3) is 0.333. The van der Waals surface area contributed by atoms with Crippen LogP contribution in [0.3, 0.4) is 0 Å². The molecule has 0 fully saturated rings. The number of rotatable bonds is 7. The smallest absolute Gasteiger partial charge is 0.127 e. The average molecular weight is 270 g/mol. The SMILES string of the molecule is C[NH+](C)CC[NH+](Cc1ccccc1)Cc1ccccc1. The highest BCUT2D eigenvalue weighted by Crippen LogP contribution is 1.98. The van der Waals surface area contributed by atoms with E-state index in [1.54, 1.807) is 4.90 Å². The summed E-state index contributed by atoms with van der Waals surface area (Å²) in [5.74, 6) is 0. The van der Waals surface area contributed by atoms with Gasteiger partial charge in [0, 0.05) is 11.1 Å². The second-order valence-corrected chi connectivity index (χ2v) is 5.78. The summed E-state index contributed by atoms with van der Waals surface area (Å²) in [6, 6.07) is 21.6. The second-order valence-electron chi connectivity index (χ2n) is 5.78. The summed E-state index contributed by atoms with van der Waals surface area (Å²) in [6.07, 6.45) is 0. The summed E-state index contributed by atoms with van der Waals surface area (Å²) in [4.78, 5) is 3.15. The minimum absolute atomic E-state index is 1.10. The maximum absolute atomic E-state index is 2.23. The summed E-state index contributed by atoms with van der Waals surface area (Å²) in [6.45, 7) is 4.60. The average Bonchev–Trinajstić information content (AvgIpc) is 2.47. The molecule has 2 heteroatoms. The molecule has 0 aliphatic rings. The number of likely N-dealkylation sites (N-methyl/N-ethyl adjacent to an activating group) is 1. The molecule has 0 spiro atoms. The first kappa shape index (κ1) is 14.8. The first-order valence-corrected chi connectivity index (χ1v) is 7.44. The van der Waals surface area contributed by atoms with Gasteiger partial charge in [-0.2, -0.15) is 0 Å². The van der Waals surface area contributed by atoms with E-state index < -0.39 is 0 Å². The van der Waals surface area contributed by atoms with Crippen LogP contribution in [0.15, 0.2) is 60.7 Å². The van der Waals surface area contributed by atoms with E-state index in [4.69, 9.17) is 0 Å². The van der Waals surface area contributed by atoms with Crippen LogP contribution < -0.4 is 9.80 Å². The van der Waals surface area contributed by atoms with E-state index in [1.165, 1.54) is 29.1 Å². The Morgan fingerprint density at radius 3 is 1.50 bits per heavy atom. The standard InChI is InChI=1S/C18H24N2/c1-19(2)13-14-20(15-17-9-5-3-6-10-17)16-18-11-7-4-8-12-18/h3-12H,13-16H2,1-2H3/p+2. The fourth-order valence-electron chi connectivity index (χ4n) is 2.44. The Hall–Kier alpha value is -1.64. The molecule has 0 aliphatic carbocycles. The van der Waals surface area contributed by atoms with Crippen molar-refractivity contribution in [3.8, 4) is 0 Å². The van der Waals surface area contributed by atoms with Gasteiger partial charge in [-0.3, -0.25) is 0 Å². The zero-order chi connectivity index (χ0) is 14.2. The lowest BCUT2D eigenvalue weighted by atomic mass is 10.1. The Morgan fingerprint density at radius 1 is 0.650 bits per heavy atom. The van der Waals surface area contributed by atoms with E-state index in [2.05, 4.69) is 74.8 Å². The molecule has 0 heterocycles. The van der Waals surface area contributed by atoms with Gasteiger partial charge in [0.05, 0.1) is 14.1 Å². The summed E-state index contributed by atoms with van der Waals surface area (Å²) < 4.78 is 0. The van der Waals surface area contributed by atoms with Crippen molar-refractivity contribution in [3.05, 3.63) is 71.8 Å². The molecule has 0 saturated heterocycles. The molecule has 106 valence electrons. The van der Waals surface area contributed by atoms with Crippen molar-refractivity contribution >= 4 is 0 Å². The highest BCUT2D eigenvalue weighted by Gasteiger charge is 2.12. The molecule has 0 radical (unpaired) electrons. The summed E-state index contributed by atoms with van der Waals surface area (Å²) in [7, 11) is 4.45. The summed E-state index contributed by atoms with van der Waals surface area (Å²) in [5.41, 5.74) is 2.85. The molecule has 0 atom stereocenters. The largest absolute Gasteiger partial charge is 0.335 e. The predicted molar refractivity (Wildman–Crippen MR) is 83.8 cm³/mol. The third-order valence-corrected chi connectivity index (χ3v) is 3.57. The van der Waals surface area contributed by atoms with Crippen LogP contribution in [0.5, 0.6) is 0 Å². The van der Waals surface area contributed by atoms with E-state index in [1.807, 2.05) is 0 Å². The minimum Gasteiger partial charge on any atom is -0.335 e. The maximum Gasteiger partial charge on any atom is 0.127 e. The lowest BCUT2D eigenvalue weighted by molar-refractivity contribution is -0.960. The Kier molecular flexibility index (Phi) is 5.78. The van der Waals surface area contributed by atoms with Gasteiger partial charge in [-0.15, -0.1) is 0 Å². The molecule has 2 aromatic rings. The van der Waals surface area contributed by atoms with Gasteiger partial charge in [-0.05, 0) is 0 Å². The predicted octanol–water partition coefficient (Wildman–Crippen LogP) is 0.416. The van der Waals surface area contributed by atoms with Gasteiger partial charge >= 0.3 is 0 Å². The Morgan fingerprint density at radius 2 is 1.10 bits per heavy atom. The van der Waals surface area contributed by atoms with E-state index in [0.29, 0.717) is 0 Å². The van der Waals surface area contributed by atoms with Crippen molar-refractivity contribution in [1.29, 1.82) is 0 Å². The minimum atomic E-state index is 1.10. The third kappa shape index (κ3) is 5.16. The first-order chi connectivity index (χ1) is 9.74. The molecule has 0 aromatic heterocycles. The second kappa shape index (κ2) is 7.83. The molecule has 0 amide bonds. The van der Waals surface area contributed by atoms with E-state index in [0.717, 1.165) is 13.1 Å². The zero-order valence-electron chi connectivity index (χ0n) is 12.6. The van der Waals surface area contributed by atoms with Crippen molar-refractivity contribution in [1.82, 2.24) is 0 Å². The Bertz CT molecular complexity index is 438. The lowest BCUT2D eigenvalue weighted by Crippen LogP contribution is -3.16. The van der Waals surface area contributed by atoms with Gasteiger partial charge in [0.25, 0.3) is 0 Å². The van der Waals surface area contributed by atoms with Crippen LogP contribution >= 0.6 is 0 Å². The molecule has 2 nitrogen and oxygen atoms in total. The van der Waals surface area contributed by atoms with Crippen LogP contribution in [0.25, 0.3) is 0 Å². The van der Waals surface area contributed by atoms with E-state index >= 15 is 0 Å². The molecule has 0 aliphatic heterocycles. The van der Waals surface area contributed by atoms with Gasteiger partial charge in [0.1, 0.15) is 26.2 Å². The quantitative estimate of drug-likeness (QED) is 0.721. The Labute approximate surface area is 122 Å². The number of hydrogen-bond acceptors (Lipinski definition) is 0. The van der Waals surface area contributed by atoms with Gasteiger partial charge in [0.15, 0.2) is 0 Å². The Balaban J connectivity index is 2.00. The van der Waals surface area contributed by atoms with E-state index in [9.17, 15) is 0 Å². The lowest BCUT2D eigenvalue weighted by Gasteiger charge is -2.20. The number of nitrogens with one attached hydrogen (secondary N) is 2. The number of hydrogen-bond donors (Lipinski definition) is 2. The van der Waals surface area contributed by atoms with Crippen molar-refractivity contribution in [2.75, 3.05) is 27.2 Å². The van der Waals surface area contributed by atoms with Gasteiger partial charge < -0.3 is 9.80 Å². The topological polar surface area (TPSA) is 8.88 Å². The van der Waals surface area contributed by atoms with Gasteiger partial charge in [-0.25, -0.2) is 0 Å². The van der Waals surface area contributed by atoms with Crippen LogP contribution in [0.1, 0.15) is 11.1 Å². The van der Waals surface area contributed by atoms with Crippen LogP contribution in [0.4, 0.5) is 0 Å². The van der Waals surface area contributed by atoms with Crippen LogP contribution in [-0.4, -0.2) is 27.2 Å². The van der Waals surface area contributed by atoms with E-state index in [-0.39, 0.29) is 0 Å². The molecule has 0 unspecified atom stereocenters. The maximum atomic E-state index is 2.23. The van der Waals surface area contributed by atoms with Crippen molar-refractivity contribution in [3.63, 3.8) is 0 Å². The van der Waals surface area contributed by atoms with Crippen molar-refractivity contribution < 1.29 is 9.80 Å². The van der Waals surface area contributed by atoms with Crippen molar-refractivity contribution in [2.45, 2.75) is 13.1 Å². The van der Waals surface area contributed by atoms with Crippen LogP contribution in [0, 0.1) is 0 Å². The molecule has 0 saturated carbocycles. The first-order valence-electron chi connectivity index (χ1n) is 7.44. The molecule has 2 N–H and O–H groups in total. The normalized spacial score (nSPS) is 11.2. The fourth-order valence-corrected chi connectivity index (χ4v) is 2.44. The summed E-state index contributed by atoms with van der Waals surface area (Å²) in [5, 5.41) is 0. The highest BCUT2D eigenvalue weighted by atomic mass is 15.2. The van der Waals surface area contributed by atoms with Gasteiger partial charge in [-0.1, -0.05) is 60.7 Å². The highest BCUT2D eigenvalue weighted by molar-refractivity contribution is 5.14.